The summed E-state index contributed by atoms with van der Waals surface area (Å²) in [6, 6.07) is 1.15. The van der Waals surface area contributed by atoms with Gasteiger partial charge in [0.25, 0.3) is 5.56 Å². The van der Waals surface area contributed by atoms with Gasteiger partial charge in [0.15, 0.2) is 0 Å². The second-order valence-corrected chi connectivity index (χ2v) is 4.41. The third-order valence-electron chi connectivity index (χ3n) is 2.63. The number of aromatic amines is 2. The van der Waals surface area contributed by atoms with E-state index in [-0.39, 0.29) is 31.2 Å². The number of nitrogens with zero attached hydrogens (tertiary/aromatic N) is 1. The van der Waals surface area contributed by atoms with Gasteiger partial charge in [-0.1, -0.05) is 6.92 Å². The zero-order valence-electron chi connectivity index (χ0n) is 12.1. The molecule has 1 aromatic rings. The predicted octanol–water partition coefficient (Wildman–Crippen LogP) is -0.593. The van der Waals surface area contributed by atoms with E-state index in [0.29, 0.717) is 13.0 Å². The highest BCUT2D eigenvalue weighted by Gasteiger charge is 2.18. The number of carbonyl (C=O) groups excluding carboxylic acids is 2. The van der Waals surface area contributed by atoms with Crippen molar-refractivity contribution >= 4 is 11.9 Å². The molecule has 1 amide bonds. The summed E-state index contributed by atoms with van der Waals surface area (Å²) in [6.07, 6.45) is 0.523. The van der Waals surface area contributed by atoms with E-state index in [4.69, 9.17) is 4.74 Å². The van der Waals surface area contributed by atoms with Gasteiger partial charge < -0.3 is 14.6 Å². The second-order valence-electron chi connectivity index (χ2n) is 4.41. The molecule has 0 aliphatic heterocycles. The molecular weight excluding hydrogens is 278 g/mol. The van der Waals surface area contributed by atoms with Crippen molar-refractivity contribution < 1.29 is 14.3 Å². The summed E-state index contributed by atoms with van der Waals surface area (Å²) in [5.41, 5.74) is -1.04. The van der Waals surface area contributed by atoms with Crippen molar-refractivity contribution in [3.8, 4) is 0 Å². The van der Waals surface area contributed by atoms with E-state index >= 15 is 0 Å². The summed E-state index contributed by atoms with van der Waals surface area (Å²) in [7, 11) is 0. The molecule has 0 bridgehead atoms. The normalized spacial score (nSPS) is 10.2. The predicted molar refractivity (Wildman–Crippen MR) is 74.9 cm³/mol. The number of amides is 1. The molecule has 0 aliphatic carbocycles. The largest absolute Gasteiger partial charge is 0.465 e. The fourth-order valence-corrected chi connectivity index (χ4v) is 1.81. The molecule has 0 spiro atoms. The van der Waals surface area contributed by atoms with Crippen molar-refractivity contribution in [1.29, 1.82) is 0 Å². The molecule has 0 unspecified atom stereocenters. The lowest BCUT2D eigenvalue weighted by Gasteiger charge is -2.20. The van der Waals surface area contributed by atoms with Gasteiger partial charge in [-0.15, -0.1) is 0 Å². The molecule has 0 radical (unpaired) electrons. The van der Waals surface area contributed by atoms with Crippen molar-refractivity contribution in [2.45, 2.75) is 26.7 Å². The van der Waals surface area contributed by atoms with Crippen molar-refractivity contribution in [2.75, 3.05) is 19.7 Å². The molecule has 1 rings (SSSR count). The molecule has 0 fully saturated rings. The van der Waals surface area contributed by atoms with E-state index in [2.05, 4.69) is 4.98 Å². The number of esters is 1. The molecule has 21 heavy (non-hydrogen) atoms. The second kappa shape index (κ2) is 8.03. The van der Waals surface area contributed by atoms with Gasteiger partial charge in [-0.25, -0.2) is 4.79 Å². The minimum Gasteiger partial charge on any atom is -0.465 e. The van der Waals surface area contributed by atoms with E-state index in [0.717, 1.165) is 6.07 Å². The van der Waals surface area contributed by atoms with E-state index in [1.54, 1.807) is 6.92 Å². The summed E-state index contributed by atoms with van der Waals surface area (Å²) >= 11 is 0. The molecule has 8 heteroatoms. The lowest BCUT2D eigenvalue weighted by Crippen LogP contribution is -2.38. The number of hydrogen-bond acceptors (Lipinski definition) is 5. The number of hydrogen-bond donors (Lipinski definition) is 2. The number of aromatic nitrogens is 2. The number of rotatable bonds is 7. The third-order valence-corrected chi connectivity index (χ3v) is 2.63. The Kier molecular flexibility index (Phi) is 6.38. The molecule has 0 atom stereocenters. The van der Waals surface area contributed by atoms with Crippen LogP contribution in [0.2, 0.25) is 0 Å². The van der Waals surface area contributed by atoms with Crippen LogP contribution in [0.4, 0.5) is 0 Å². The van der Waals surface area contributed by atoms with Crippen LogP contribution < -0.4 is 11.2 Å². The van der Waals surface area contributed by atoms with Crippen LogP contribution in [0, 0.1) is 0 Å². The van der Waals surface area contributed by atoms with Crippen LogP contribution >= 0.6 is 0 Å². The van der Waals surface area contributed by atoms with E-state index < -0.39 is 17.2 Å². The van der Waals surface area contributed by atoms with Gasteiger partial charge in [0.2, 0.25) is 5.91 Å². The van der Waals surface area contributed by atoms with Crippen molar-refractivity contribution in [1.82, 2.24) is 14.9 Å². The third kappa shape index (κ3) is 5.64. The van der Waals surface area contributed by atoms with Crippen LogP contribution in [-0.2, 0) is 20.7 Å². The number of ether oxygens (including phenoxy) is 1. The highest BCUT2D eigenvalue weighted by Crippen LogP contribution is 1.99. The first kappa shape index (κ1) is 16.7. The van der Waals surface area contributed by atoms with Gasteiger partial charge >= 0.3 is 11.7 Å². The van der Waals surface area contributed by atoms with Crippen LogP contribution in [0.25, 0.3) is 0 Å². The highest BCUT2D eigenvalue weighted by molar-refractivity contribution is 5.83. The zero-order chi connectivity index (χ0) is 15.8. The molecule has 0 aromatic carbocycles. The van der Waals surface area contributed by atoms with Crippen LogP contribution in [0.15, 0.2) is 15.7 Å². The Morgan fingerprint density at radius 2 is 1.95 bits per heavy atom. The Morgan fingerprint density at radius 3 is 2.52 bits per heavy atom. The van der Waals surface area contributed by atoms with Crippen LogP contribution in [0.1, 0.15) is 26.0 Å². The summed E-state index contributed by atoms with van der Waals surface area (Å²) in [5.74, 6) is -0.843. The monoisotopic (exact) mass is 297 g/mol. The SMILES string of the molecule is CCCN(CC(=O)OCC)C(=O)Cc1cc(=O)[nH]c(=O)[nH]1. The zero-order valence-corrected chi connectivity index (χ0v) is 12.1. The van der Waals surface area contributed by atoms with Crippen LogP contribution in [0.5, 0.6) is 0 Å². The first-order valence-electron chi connectivity index (χ1n) is 6.72. The van der Waals surface area contributed by atoms with Crippen molar-refractivity contribution in [2.24, 2.45) is 0 Å². The number of nitrogens with one attached hydrogen (secondary N) is 2. The summed E-state index contributed by atoms with van der Waals surface area (Å²) in [5, 5.41) is 0. The molecule has 2 N–H and O–H groups in total. The van der Waals surface area contributed by atoms with Gasteiger partial charge in [0, 0.05) is 18.3 Å². The maximum absolute atomic E-state index is 12.1. The van der Waals surface area contributed by atoms with Crippen molar-refractivity contribution in [3.05, 3.63) is 32.6 Å². The average molecular weight is 297 g/mol. The van der Waals surface area contributed by atoms with Crippen LogP contribution in [-0.4, -0.2) is 46.4 Å². The fraction of sp³-hybridized carbons (Fsp3) is 0.538. The maximum Gasteiger partial charge on any atom is 0.325 e. The summed E-state index contributed by atoms with van der Waals surface area (Å²) < 4.78 is 4.81. The van der Waals surface area contributed by atoms with E-state index in [1.165, 1.54) is 4.90 Å². The Balaban J connectivity index is 2.78. The lowest BCUT2D eigenvalue weighted by atomic mass is 10.2. The fourth-order valence-electron chi connectivity index (χ4n) is 1.81. The maximum atomic E-state index is 12.1. The lowest BCUT2D eigenvalue weighted by molar-refractivity contribution is -0.148. The molecular formula is C13H19N3O5. The Morgan fingerprint density at radius 1 is 1.24 bits per heavy atom. The Labute approximate surface area is 121 Å². The molecule has 1 heterocycles. The molecule has 8 nitrogen and oxygen atoms in total. The minimum absolute atomic E-state index is 0.145. The first-order chi connectivity index (χ1) is 9.96. The summed E-state index contributed by atoms with van der Waals surface area (Å²) in [6.45, 7) is 4.05. The van der Waals surface area contributed by atoms with Gasteiger partial charge in [-0.3, -0.25) is 19.4 Å². The number of carbonyl (C=O) groups is 2. The first-order valence-corrected chi connectivity index (χ1v) is 6.72. The smallest absolute Gasteiger partial charge is 0.325 e. The minimum atomic E-state index is -0.669. The number of H-pyrrole nitrogens is 2. The highest BCUT2D eigenvalue weighted by atomic mass is 16.5. The van der Waals surface area contributed by atoms with Crippen molar-refractivity contribution in [3.63, 3.8) is 0 Å². The molecule has 0 aliphatic rings. The van der Waals surface area contributed by atoms with Gasteiger partial charge in [-0.2, -0.15) is 0 Å². The van der Waals surface area contributed by atoms with Gasteiger partial charge in [0.1, 0.15) is 6.54 Å². The Hall–Kier alpha value is -2.38. The average Bonchev–Trinajstić information content (AvgIpc) is 2.37. The Bertz CT molecular complexity index is 576. The summed E-state index contributed by atoms with van der Waals surface area (Å²) in [4.78, 5) is 51.7. The molecule has 116 valence electrons. The standard InChI is InChI=1S/C13H19N3O5/c1-3-5-16(8-12(19)21-4-2)11(18)7-9-6-10(17)15-13(20)14-9/h6H,3-5,7-8H2,1-2H3,(H2,14,15,17,20). The quantitative estimate of drug-likeness (QED) is 0.653. The van der Waals surface area contributed by atoms with Gasteiger partial charge in [0.05, 0.1) is 13.0 Å². The topological polar surface area (TPSA) is 112 Å². The van der Waals surface area contributed by atoms with Gasteiger partial charge in [-0.05, 0) is 13.3 Å². The van der Waals surface area contributed by atoms with E-state index in [9.17, 15) is 19.2 Å². The van der Waals surface area contributed by atoms with E-state index in [1.807, 2.05) is 11.9 Å². The molecule has 0 saturated carbocycles. The molecule has 1 aromatic heterocycles. The molecule has 0 saturated heterocycles. The van der Waals surface area contributed by atoms with Crippen LogP contribution in [0.3, 0.4) is 0 Å².